The molecule has 0 aliphatic rings. The molecule has 100 valence electrons. The van der Waals surface area contributed by atoms with Gasteiger partial charge >= 0.3 is 0 Å². The normalized spacial score (nSPS) is 12.1. The van der Waals surface area contributed by atoms with Crippen LogP contribution in [0.5, 0.6) is 0 Å². The van der Waals surface area contributed by atoms with Crippen molar-refractivity contribution >= 4 is 5.84 Å². The van der Waals surface area contributed by atoms with Crippen molar-refractivity contribution in [1.29, 1.82) is 0 Å². The fourth-order valence-corrected chi connectivity index (χ4v) is 1.86. The minimum atomic E-state index is -0.200. The third-order valence-electron chi connectivity index (χ3n) is 2.94. The second-order valence-corrected chi connectivity index (χ2v) is 4.87. The number of nitrogens with zero attached hydrogens (tertiary/aromatic N) is 2. The molecule has 18 heavy (non-hydrogen) atoms. The lowest BCUT2D eigenvalue weighted by atomic mass is 10.1. The maximum Gasteiger partial charge on any atom is 0.261 e. The molecule has 3 N–H and O–H groups in total. The number of hydrogen-bond acceptors (Lipinski definition) is 3. The van der Waals surface area contributed by atoms with Crippen molar-refractivity contribution in [2.75, 3.05) is 0 Å². The number of aryl methyl sites for hydroxylation is 1. The summed E-state index contributed by atoms with van der Waals surface area (Å²) in [6, 6.07) is 3.40. The minimum absolute atomic E-state index is 0.141. The Balaban J connectivity index is 3.00. The molecule has 1 rings (SSSR count). The molecule has 1 aromatic rings. The SMILES string of the molecule is Cc1ccc(/C(N)=N/O)c(=O)n1CCCC(C)C. The average Bonchev–Trinajstić information content (AvgIpc) is 2.32. The summed E-state index contributed by atoms with van der Waals surface area (Å²) in [6.07, 6.45) is 2.01. The van der Waals surface area contributed by atoms with E-state index in [9.17, 15) is 4.79 Å². The zero-order valence-electron chi connectivity index (χ0n) is 11.2. The van der Waals surface area contributed by atoms with E-state index in [-0.39, 0.29) is 17.0 Å². The van der Waals surface area contributed by atoms with Crippen molar-refractivity contribution in [2.24, 2.45) is 16.8 Å². The molecule has 0 atom stereocenters. The Bertz CT molecular complexity index is 489. The highest BCUT2D eigenvalue weighted by Crippen LogP contribution is 2.06. The van der Waals surface area contributed by atoms with Crippen LogP contribution in [0.25, 0.3) is 0 Å². The van der Waals surface area contributed by atoms with Gasteiger partial charge in [-0.1, -0.05) is 19.0 Å². The quantitative estimate of drug-likeness (QED) is 0.361. The van der Waals surface area contributed by atoms with Crippen molar-refractivity contribution in [3.8, 4) is 0 Å². The van der Waals surface area contributed by atoms with E-state index in [0.29, 0.717) is 12.5 Å². The lowest BCUT2D eigenvalue weighted by molar-refractivity contribution is 0.318. The zero-order chi connectivity index (χ0) is 13.7. The Morgan fingerprint density at radius 1 is 1.50 bits per heavy atom. The van der Waals surface area contributed by atoms with Gasteiger partial charge in [0, 0.05) is 12.2 Å². The van der Waals surface area contributed by atoms with Gasteiger partial charge in [-0.2, -0.15) is 0 Å². The Kier molecular flexibility index (Phi) is 4.95. The highest BCUT2D eigenvalue weighted by Gasteiger charge is 2.09. The van der Waals surface area contributed by atoms with Crippen LogP contribution in [0.4, 0.5) is 0 Å². The van der Waals surface area contributed by atoms with E-state index in [1.54, 1.807) is 10.6 Å². The Hall–Kier alpha value is -1.78. The summed E-state index contributed by atoms with van der Waals surface area (Å²) in [5.74, 6) is 0.478. The van der Waals surface area contributed by atoms with Gasteiger partial charge < -0.3 is 15.5 Å². The van der Waals surface area contributed by atoms with Crippen molar-refractivity contribution in [2.45, 2.75) is 40.2 Å². The summed E-state index contributed by atoms with van der Waals surface area (Å²) in [6.45, 7) is 6.85. The molecular weight excluding hydrogens is 230 g/mol. The van der Waals surface area contributed by atoms with Crippen LogP contribution in [0.1, 0.15) is 37.9 Å². The topological polar surface area (TPSA) is 80.6 Å². The molecule has 0 fully saturated rings. The first kappa shape index (κ1) is 14.3. The largest absolute Gasteiger partial charge is 0.409 e. The molecule has 0 unspecified atom stereocenters. The monoisotopic (exact) mass is 251 g/mol. The minimum Gasteiger partial charge on any atom is -0.409 e. The summed E-state index contributed by atoms with van der Waals surface area (Å²) in [5, 5.41) is 11.5. The van der Waals surface area contributed by atoms with Gasteiger partial charge in [0.2, 0.25) is 0 Å². The summed E-state index contributed by atoms with van der Waals surface area (Å²) in [5.41, 5.74) is 6.41. The van der Waals surface area contributed by atoms with Gasteiger partial charge in [-0.3, -0.25) is 4.79 Å². The standard InChI is InChI=1S/C13H21N3O2/c1-9(2)5-4-8-16-10(3)6-7-11(13(16)17)12(14)15-18/h6-7,9,18H,4-5,8H2,1-3H3,(H2,14,15). The fraction of sp³-hybridized carbons (Fsp3) is 0.538. The summed E-state index contributed by atoms with van der Waals surface area (Å²) in [7, 11) is 0. The molecule has 0 saturated carbocycles. The van der Waals surface area contributed by atoms with Crippen LogP contribution >= 0.6 is 0 Å². The van der Waals surface area contributed by atoms with Gasteiger partial charge in [-0.15, -0.1) is 0 Å². The molecule has 1 heterocycles. The number of nitrogens with two attached hydrogens (primary N) is 1. The van der Waals surface area contributed by atoms with Gasteiger partial charge in [0.05, 0.1) is 5.56 Å². The van der Waals surface area contributed by atoms with Gasteiger partial charge in [-0.05, 0) is 37.8 Å². The van der Waals surface area contributed by atoms with Crippen LogP contribution in [-0.2, 0) is 6.54 Å². The third kappa shape index (κ3) is 3.35. The van der Waals surface area contributed by atoms with Crippen molar-refractivity contribution < 1.29 is 5.21 Å². The van der Waals surface area contributed by atoms with Gasteiger partial charge in [0.15, 0.2) is 5.84 Å². The molecule has 5 heteroatoms. The number of rotatable bonds is 5. The van der Waals surface area contributed by atoms with Gasteiger partial charge in [-0.25, -0.2) is 0 Å². The Morgan fingerprint density at radius 3 is 2.72 bits per heavy atom. The average molecular weight is 251 g/mol. The predicted molar refractivity (Wildman–Crippen MR) is 72.0 cm³/mol. The third-order valence-corrected chi connectivity index (χ3v) is 2.94. The molecule has 0 amide bonds. The Morgan fingerprint density at radius 2 is 2.17 bits per heavy atom. The van der Waals surface area contributed by atoms with Crippen LogP contribution in [0.3, 0.4) is 0 Å². The summed E-state index contributed by atoms with van der Waals surface area (Å²) < 4.78 is 1.68. The first-order valence-corrected chi connectivity index (χ1v) is 6.15. The van der Waals surface area contributed by atoms with E-state index >= 15 is 0 Å². The van der Waals surface area contributed by atoms with E-state index in [4.69, 9.17) is 10.9 Å². The zero-order valence-corrected chi connectivity index (χ0v) is 11.2. The highest BCUT2D eigenvalue weighted by atomic mass is 16.4. The smallest absolute Gasteiger partial charge is 0.261 e. The predicted octanol–water partition coefficient (Wildman–Crippen LogP) is 1.69. The van der Waals surface area contributed by atoms with E-state index in [0.717, 1.165) is 18.5 Å². The van der Waals surface area contributed by atoms with E-state index in [1.807, 2.05) is 13.0 Å². The first-order chi connectivity index (χ1) is 8.47. The number of aromatic nitrogens is 1. The van der Waals surface area contributed by atoms with Crippen molar-refractivity contribution in [1.82, 2.24) is 4.57 Å². The lowest BCUT2D eigenvalue weighted by Gasteiger charge is -2.12. The highest BCUT2D eigenvalue weighted by molar-refractivity contribution is 5.96. The number of hydrogen-bond donors (Lipinski definition) is 2. The van der Waals surface area contributed by atoms with Crippen molar-refractivity contribution in [3.63, 3.8) is 0 Å². The maximum absolute atomic E-state index is 12.2. The first-order valence-electron chi connectivity index (χ1n) is 6.15. The van der Waals surface area contributed by atoms with Crippen molar-refractivity contribution in [3.05, 3.63) is 33.7 Å². The van der Waals surface area contributed by atoms with Crippen LogP contribution in [0.2, 0.25) is 0 Å². The maximum atomic E-state index is 12.2. The molecule has 0 spiro atoms. The molecule has 0 aromatic carbocycles. The van der Waals surface area contributed by atoms with Gasteiger partial charge in [0.25, 0.3) is 5.56 Å². The molecule has 0 bridgehead atoms. The summed E-state index contributed by atoms with van der Waals surface area (Å²) in [4.78, 5) is 12.2. The lowest BCUT2D eigenvalue weighted by Crippen LogP contribution is -2.31. The molecule has 5 nitrogen and oxygen atoms in total. The van der Waals surface area contributed by atoms with Gasteiger partial charge in [0.1, 0.15) is 0 Å². The fourth-order valence-electron chi connectivity index (χ4n) is 1.86. The number of oxime groups is 1. The molecular formula is C13H21N3O2. The van der Waals surface area contributed by atoms with Crippen LogP contribution in [-0.4, -0.2) is 15.6 Å². The number of pyridine rings is 1. The molecule has 1 aromatic heterocycles. The molecule has 0 aliphatic carbocycles. The van der Waals surface area contributed by atoms with E-state index < -0.39 is 0 Å². The second kappa shape index (κ2) is 6.23. The molecule has 0 saturated heterocycles. The molecule has 0 aliphatic heterocycles. The van der Waals surface area contributed by atoms with Crippen LogP contribution in [0.15, 0.2) is 22.1 Å². The Labute approximate surface area is 107 Å². The second-order valence-electron chi connectivity index (χ2n) is 4.87. The van der Waals surface area contributed by atoms with E-state index in [2.05, 4.69) is 19.0 Å². The molecule has 0 radical (unpaired) electrons. The van der Waals surface area contributed by atoms with E-state index in [1.165, 1.54) is 0 Å². The van der Waals surface area contributed by atoms with Crippen LogP contribution in [0, 0.1) is 12.8 Å². The number of amidine groups is 1. The summed E-state index contributed by atoms with van der Waals surface area (Å²) >= 11 is 0. The van der Waals surface area contributed by atoms with Crippen LogP contribution < -0.4 is 11.3 Å².